The monoisotopic (exact) mass is 373 g/mol. The molecule has 0 unspecified atom stereocenters. The molecule has 0 saturated heterocycles. The molecule has 0 saturated carbocycles. The smallest absolute Gasteiger partial charge is 0.146 e. The van der Waals surface area contributed by atoms with Crippen LogP contribution in [0.25, 0.3) is 11.0 Å². The Morgan fingerprint density at radius 1 is 1.37 bits per heavy atom. The lowest BCUT2D eigenvalue weighted by Crippen LogP contribution is -2.08. The second-order valence-electron chi connectivity index (χ2n) is 5.91. The van der Waals surface area contributed by atoms with Gasteiger partial charge < -0.3 is 9.30 Å². The van der Waals surface area contributed by atoms with E-state index in [0.29, 0.717) is 12.1 Å². The van der Waals surface area contributed by atoms with Crippen LogP contribution in [0.5, 0.6) is 0 Å². The molecule has 2 heterocycles. The topological polar surface area (TPSA) is 39.9 Å². The van der Waals surface area contributed by atoms with Crippen LogP contribution in [0.1, 0.15) is 33.6 Å². The fraction of sp³-hybridized carbons (Fsp3) is 0.571. The van der Waals surface area contributed by atoms with Crippen molar-refractivity contribution in [3.05, 3.63) is 22.3 Å². The first-order valence-electron chi connectivity index (χ1n) is 6.49. The first kappa shape index (κ1) is 14.7. The quantitative estimate of drug-likeness (QED) is 0.591. The van der Waals surface area contributed by atoms with Crippen molar-refractivity contribution in [3.8, 4) is 0 Å². The van der Waals surface area contributed by atoms with E-state index in [-0.39, 0.29) is 0 Å². The predicted octanol–water partition coefficient (Wildman–Crippen LogP) is 3.84. The molecule has 5 heteroatoms. The highest BCUT2D eigenvalue weighted by atomic mass is 127. The molecule has 0 aliphatic carbocycles. The molecule has 0 amide bonds. The first-order chi connectivity index (χ1) is 8.97. The lowest BCUT2D eigenvalue weighted by molar-refractivity contribution is 0.0716. The Morgan fingerprint density at radius 2 is 2.16 bits per heavy atom. The molecule has 19 heavy (non-hydrogen) atoms. The Balaban J connectivity index is 1.89. The van der Waals surface area contributed by atoms with E-state index in [1.165, 1.54) is 6.42 Å². The van der Waals surface area contributed by atoms with Gasteiger partial charge in [-0.15, -0.1) is 0 Å². The van der Waals surface area contributed by atoms with Gasteiger partial charge in [0, 0.05) is 22.6 Å². The molecule has 0 aliphatic heterocycles. The zero-order chi connectivity index (χ0) is 13.9. The van der Waals surface area contributed by atoms with E-state index in [2.05, 4.69) is 59.5 Å². The number of nitrogens with zero attached hydrogens (tertiary/aromatic N) is 3. The molecular weight excluding hydrogens is 353 g/mol. The fourth-order valence-electron chi connectivity index (χ4n) is 1.95. The van der Waals surface area contributed by atoms with Gasteiger partial charge in [0.25, 0.3) is 0 Å². The maximum absolute atomic E-state index is 5.74. The van der Waals surface area contributed by atoms with Crippen molar-refractivity contribution < 1.29 is 4.74 Å². The summed E-state index contributed by atoms with van der Waals surface area (Å²) in [4.78, 5) is 8.36. The number of rotatable bonds is 5. The van der Waals surface area contributed by atoms with Gasteiger partial charge in [0.15, 0.2) is 0 Å². The number of ether oxygens (including phenoxy) is 1. The average molecular weight is 373 g/mol. The van der Waals surface area contributed by atoms with E-state index < -0.39 is 0 Å². The van der Waals surface area contributed by atoms with E-state index in [9.17, 15) is 0 Å². The largest absolute Gasteiger partial charge is 0.361 e. The second kappa shape index (κ2) is 6.17. The molecule has 2 rings (SSSR count). The summed E-state index contributed by atoms with van der Waals surface area (Å²) >= 11 is 2.30. The van der Waals surface area contributed by atoms with Crippen molar-refractivity contribution in [2.24, 2.45) is 5.41 Å². The van der Waals surface area contributed by atoms with Crippen LogP contribution >= 0.6 is 22.6 Å². The summed E-state index contributed by atoms with van der Waals surface area (Å²) in [7, 11) is 0. The summed E-state index contributed by atoms with van der Waals surface area (Å²) in [5, 5.41) is 1.08. The summed E-state index contributed by atoms with van der Waals surface area (Å²) in [6.07, 6.45) is 7.76. The molecule has 0 spiro atoms. The van der Waals surface area contributed by atoms with Gasteiger partial charge in [0.05, 0.1) is 5.39 Å². The highest BCUT2D eigenvalue weighted by Gasteiger charge is 2.10. The normalized spacial score (nSPS) is 12.2. The molecule has 0 radical (unpaired) electrons. The fourth-order valence-corrected chi connectivity index (χ4v) is 2.67. The Labute approximate surface area is 127 Å². The third kappa shape index (κ3) is 4.14. The minimum Gasteiger partial charge on any atom is -0.361 e. The third-order valence-corrected chi connectivity index (χ3v) is 3.80. The van der Waals surface area contributed by atoms with Crippen molar-refractivity contribution in [1.29, 1.82) is 0 Å². The summed E-state index contributed by atoms with van der Waals surface area (Å²) in [5.74, 6) is 0. The van der Waals surface area contributed by atoms with E-state index >= 15 is 0 Å². The van der Waals surface area contributed by atoms with E-state index in [1.807, 2.05) is 10.8 Å². The molecule has 0 aromatic carbocycles. The van der Waals surface area contributed by atoms with Crippen LogP contribution in [0.2, 0.25) is 0 Å². The Kier molecular flexibility index (Phi) is 4.78. The summed E-state index contributed by atoms with van der Waals surface area (Å²) in [6.45, 7) is 8.11. The summed E-state index contributed by atoms with van der Waals surface area (Å²) < 4.78 is 8.93. The van der Waals surface area contributed by atoms with Gasteiger partial charge in [-0.1, -0.05) is 20.8 Å². The minimum absolute atomic E-state index is 0.381. The Bertz CT molecular complexity index is 545. The first-order valence-corrected chi connectivity index (χ1v) is 7.57. The van der Waals surface area contributed by atoms with Gasteiger partial charge >= 0.3 is 0 Å². The van der Waals surface area contributed by atoms with Gasteiger partial charge in [0.1, 0.15) is 18.7 Å². The van der Waals surface area contributed by atoms with Crippen LogP contribution in [-0.4, -0.2) is 21.1 Å². The Hall–Kier alpha value is -0.690. The summed E-state index contributed by atoms with van der Waals surface area (Å²) in [5.41, 5.74) is 1.32. The average Bonchev–Trinajstić information content (AvgIpc) is 2.65. The highest BCUT2D eigenvalue weighted by Crippen LogP contribution is 2.21. The van der Waals surface area contributed by atoms with Crippen LogP contribution < -0.4 is 0 Å². The number of hydrogen-bond acceptors (Lipinski definition) is 3. The van der Waals surface area contributed by atoms with Gasteiger partial charge in [0.2, 0.25) is 0 Å². The van der Waals surface area contributed by atoms with E-state index in [1.54, 1.807) is 6.33 Å². The van der Waals surface area contributed by atoms with Gasteiger partial charge in [-0.25, -0.2) is 9.97 Å². The van der Waals surface area contributed by atoms with E-state index in [0.717, 1.165) is 27.6 Å². The number of hydrogen-bond donors (Lipinski definition) is 0. The minimum atomic E-state index is 0.381. The summed E-state index contributed by atoms with van der Waals surface area (Å²) in [6, 6.07) is 0. The van der Waals surface area contributed by atoms with E-state index in [4.69, 9.17) is 4.74 Å². The maximum Gasteiger partial charge on any atom is 0.146 e. The maximum atomic E-state index is 5.74. The molecule has 0 aliphatic rings. The standard InChI is InChI=1S/C14H20IN3O/c1-14(2,3)5-4-6-19-10-18-8-12(15)11-7-16-9-17-13(11)18/h7-9H,4-6,10H2,1-3H3. The molecule has 2 aromatic rings. The van der Waals surface area contributed by atoms with Gasteiger partial charge in [-0.05, 0) is 40.8 Å². The van der Waals surface area contributed by atoms with Crippen LogP contribution in [0, 0.1) is 8.99 Å². The molecule has 2 aromatic heterocycles. The van der Waals surface area contributed by atoms with Crippen molar-refractivity contribution in [1.82, 2.24) is 14.5 Å². The predicted molar refractivity (Wildman–Crippen MR) is 84.9 cm³/mol. The lowest BCUT2D eigenvalue weighted by Gasteiger charge is -2.17. The SMILES string of the molecule is CC(C)(C)CCCOCn1cc(I)c2cncnc21. The molecule has 4 nitrogen and oxygen atoms in total. The van der Waals surface area contributed by atoms with Crippen molar-refractivity contribution >= 4 is 33.6 Å². The van der Waals surface area contributed by atoms with Crippen molar-refractivity contribution in [2.45, 2.75) is 40.3 Å². The van der Waals surface area contributed by atoms with Gasteiger partial charge in [-0.2, -0.15) is 0 Å². The van der Waals surface area contributed by atoms with Crippen molar-refractivity contribution in [2.75, 3.05) is 6.61 Å². The van der Waals surface area contributed by atoms with Crippen LogP contribution in [0.15, 0.2) is 18.7 Å². The molecule has 104 valence electrons. The zero-order valence-corrected chi connectivity index (χ0v) is 13.8. The third-order valence-electron chi connectivity index (χ3n) is 2.94. The van der Waals surface area contributed by atoms with Crippen molar-refractivity contribution in [3.63, 3.8) is 0 Å². The van der Waals surface area contributed by atoms with Crippen LogP contribution in [0.4, 0.5) is 0 Å². The molecule has 0 N–H and O–H groups in total. The lowest BCUT2D eigenvalue weighted by atomic mass is 9.91. The molecule has 0 fully saturated rings. The zero-order valence-electron chi connectivity index (χ0n) is 11.7. The van der Waals surface area contributed by atoms with Crippen LogP contribution in [-0.2, 0) is 11.5 Å². The molecular formula is C14H20IN3O. The number of halogens is 1. The Morgan fingerprint density at radius 3 is 2.89 bits per heavy atom. The second-order valence-corrected chi connectivity index (χ2v) is 7.07. The van der Waals surface area contributed by atoms with Crippen LogP contribution in [0.3, 0.4) is 0 Å². The number of aromatic nitrogens is 3. The van der Waals surface area contributed by atoms with Gasteiger partial charge in [-0.3, -0.25) is 0 Å². The molecule has 0 atom stereocenters. The highest BCUT2D eigenvalue weighted by molar-refractivity contribution is 14.1. The number of fused-ring (bicyclic) bond motifs is 1. The molecule has 0 bridgehead atoms.